The van der Waals surface area contributed by atoms with Gasteiger partial charge in [0.1, 0.15) is 6.61 Å². The zero-order chi connectivity index (χ0) is 15.2. The minimum absolute atomic E-state index is 0.147. The third-order valence-corrected chi connectivity index (χ3v) is 3.27. The molecule has 21 heavy (non-hydrogen) atoms. The van der Waals surface area contributed by atoms with Crippen LogP contribution in [-0.4, -0.2) is 28.8 Å². The van der Waals surface area contributed by atoms with Crippen LogP contribution in [0.2, 0.25) is 0 Å². The smallest absolute Gasteiger partial charge is 0.309 e. The van der Waals surface area contributed by atoms with Gasteiger partial charge in [0.15, 0.2) is 0 Å². The SMILES string of the molecule is NC(CC(=O)OCc1ccccc1)N1C(=O)CCCC1=O. The molecule has 0 aliphatic carbocycles. The predicted octanol–water partition coefficient (Wildman–Crippen LogP) is 0.944. The van der Waals surface area contributed by atoms with Crippen molar-refractivity contribution in [1.82, 2.24) is 4.90 Å². The second-order valence-corrected chi connectivity index (χ2v) is 4.93. The number of rotatable bonds is 5. The molecule has 1 aromatic carbocycles. The van der Waals surface area contributed by atoms with E-state index in [0.29, 0.717) is 19.3 Å². The summed E-state index contributed by atoms with van der Waals surface area (Å²) in [5, 5.41) is 0. The molecule has 2 rings (SSSR count). The summed E-state index contributed by atoms with van der Waals surface area (Å²) in [7, 11) is 0. The highest BCUT2D eigenvalue weighted by Crippen LogP contribution is 2.15. The van der Waals surface area contributed by atoms with Crippen molar-refractivity contribution in [3.63, 3.8) is 0 Å². The van der Waals surface area contributed by atoms with E-state index in [4.69, 9.17) is 10.5 Å². The Balaban J connectivity index is 1.84. The molecule has 112 valence electrons. The lowest BCUT2D eigenvalue weighted by molar-refractivity contribution is -0.153. The first kappa shape index (κ1) is 15.2. The van der Waals surface area contributed by atoms with Crippen LogP contribution in [0.15, 0.2) is 30.3 Å². The fraction of sp³-hybridized carbons (Fsp3) is 0.400. The number of carbonyl (C=O) groups excluding carboxylic acids is 3. The predicted molar refractivity (Wildman–Crippen MR) is 74.5 cm³/mol. The van der Waals surface area contributed by atoms with Crippen molar-refractivity contribution in [2.45, 2.75) is 38.5 Å². The molecule has 2 amide bonds. The van der Waals surface area contributed by atoms with Crippen LogP contribution in [0.3, 0.4) is 0 Å². The van der Waals surface area contributed by atoms with E-state index in [1.165, 1.54) is 0 Å². The van der Waals surface area contributed by atoms with Crippen LogP contribution < -0.4 is 5.73 Å². The quantitative estimate of drug-likeness (QED) is 0.644. The van der Waals surface area contributed by atoms with E-state index in [2.05, 4.69) is 0 Å². The van der Waals surface area contributed by atoms with Gasteiger partial charge in [-0.1, -0.05) is 30.3 Å². The van der Waals surface area contributed by atoms with Crippen LogP contribution in [0.1, 0.15) is 31.2 Å². The van der Waals surface area contributed by atoms with E-state index in [0.717, 1.165) is 10.5 Å². The molecule has 0 radical (unpaired) electrons. The van der Waals surface area contributed by atoms with Crippen molar-refractivity contribution in [1.29, 1.82) is 0 Å². The van der Waals surface area contributed by atoms with E-state index in [-0.39, 0.29) is 24.8 Å². The average molecular weight is 290 g/mol. The number of piperidine rings is 1. The lowest BCUT2D eigenvalue weighted by Gasteiger charge is -2.29. The summed E-state index contributed by atoms with van der Waals surface area (Å²) in [6.07, 6.45) is -0.0192. The number of esters is 1. The molecule has 0 bridgehead atoms. The Bertz CT molecular complexity index is 514. The maximum atomic E-state index is 11.7. The molecule has 0 spiro atoms. The fourth-order valence-corrected chi connectivity index (χ4v) is 2.20. The van der Waals surface area contributed by atoms with E-state index in [1.807, 2.05) is 30.3 Å². The van der Waals surface area contributed by atoms with Crippen LogP contribution in [0, 0.1) is 0 Å². The van der Waals surface area contributed by atoms with Gasteiger partial charge < -0.3 is 10.5 Å². The van der Waals surface area contributed by atoms with E-state index in [9.17, 15) is 14.4 Å². The van der Waals surface area contributed by atoms with Gasteiger partial charge in [0.2, 0.25) is 11.8 Å². The van der Waals surface area contributed by atoms with Crippen LogP contribution in [0.4, 0.5) is 0 Å². The second kappa shape index (κ2) is 6.99. The molecule has 2 N–H and O–H groups in total. The lowest BCUT2D eigenvalue weighted by Crippen LogP contribution is -2.52. The van der Waals surface area contributed by atoms with Crippen molar-refractivity contribution < 1.29 is 19.1 Å². The Morgan fingerprint density at radius 2 is 1.81 bits per heavy atom. The normalized spacial score (nSPS) is 16.7. The van der Waals surface area contributed by atoms with Gasteiger partial charge in [-0.3, -0.25) is 19.3 Å². The van der Waals surface area contributed by atoms with Crippen molar-refractivity contribution in [3.8, 4) is 0 Å². The summed E-state index contributed by atoms with van der Waals surface area (Å²) in [5.74, 6) is -1.18. The highest BCUT2D eigenvalue weighted by atomic mass is 16.5. The number of hydrogen-bond acceptors (Lipinski definition) is 5. The number of nitrogens with two attached hydrogens (primary N) is 1. The average Bonchev–Trinajstić information content (AvgIpc) is 2.46. The molecule has 0 aromatic heterocycles. The van der Waals surface area contributed by atoms with Crippen molar-refractivity contribution >= 4 is 17.8 Å². The molecule has 6 heteroatoms. The van der Waals surface area contributed by atoms with E-state index < -0.39 is 12.1 Å². The summed E-state index contributed by atoms with van der Waals surface area (Å²) in [4.78, 5) is 36.1. The third kappa shape index (κ3) is 4.13. The third-order valence-electron chi connectivity index (χ3n) is 3.27. The number of benzene rings is 1. The molecule has 1 saturated heterocycles. The number of likely N-dealkylation sites (tertiary alicyclic amines) is 1. The van der Waals surface area contributed by atoms with Crippen molar-refractivity contribution in [3.05, 3.63) is 35.9 Å². The van der Waals surface area contributed by atoms with Gasteiger partial charge in [-0.05, 0) is 12.0 Å². The zero-order valence-electron chi connectivity index (χ0n) is 11.7. The second-order valence-electron chi connectivity index (χ2n) is 4.93. The molecule has 1 heterocycles. The standard InChI is InChI=1S/C15H18N2O4/c16-12(17-13(18)7-4-8-14(17)19)9-15(20)21-10-11-5-2-1-3-6-11/h1-3,5-6,12H,4,7-10,16H2. The molecule has 0 saturated carbocycles. The molecule has 1 aliphatic heterocycles. The van der Waals surface area contributed by atoms with Gasteiger partial charge in [-0.25, -0.2) is 0 Å². The summed E-state index contributed by atoms with van der Waals surface area (Å²) < 4.78 is 5.09. The first-order chi connectivity index (χ1) is 10.1. The van der Waals surface area contributed by atoms with Gasteiger partial charge in [-0.2, -0.15) is 0 Å². The molecule has 1 aromatic rings. The largest absolute Gasteiger partial charge is 0.461 e. The number of hydrogen-bond donors (Lipinski definition) is 1. The molecule has 1 fully saturated rings. The van der Waals surface area contributed by atoms with Crippen molar-refractivity contribution in [2.75, 3.05) is 0 Å². The van der Waals surface area contributed by atoms with Crippen LogP contribution in [-0.2, 0) is 25.7 Å². The maximum Gasteiger partial charge on any atom is 0.309 e. The molecular weight excluding hydrogens is 272 g/mol. The maximum absolute atomic E-state index is 11.7. The van der Waals surface area contributed by atoms with Crippen LogP contribution >= 0.6 is 0 Å². The number of amides is 2. The Hall–Kier alpha value is -2.21. The Kier molecular flexibility index (Phi) is 5.05. The molecule has 1 atom stereocenters. The Morgan fingerprint density at radius 3 is 2.43 bits per heavy atom. The first-order valence-corrected chi connectivity index (χ1v) is 6.88. The van der Waals surface area contributed by atoms with Crippen molar-refractivity contribution in [2.24, 2.45) is 5.73 Å². The Morgan fingerprint density at radius 1 is 1.19 bits per heavy atom. The monoisotopic (exact) mass is 290 g/mol. The molecule has 6 nitrogen and oxygen atoms in total. The highest BCUT2D eigenvalue weighted by Gasteiger charge is 2.31. The number of ether oxygens (including phenoxy) is 1. The molecule has 1 aliphatic rings. The topological polar surface area (TPSA) is 89.7 Å². The first-order valence-electron chi connectivity index (χ1n) is 6.88. The van der Waals surface area contributed by atoms with Gasteiger partial charge in [0.05, 0.1) is 12.6 Å². The number of nitrogens with zero attached hydrogens (tertiary/aromatic N) is 1. The van der Waals surface area contributed by atoms with Gasteiger partial charge in [-0.15, -0.1) is 0 Å². The summed E-state index contributed by atoms with van der Waals surface area (Å²) >= 11 is 0. The van der Waals surface area contributed by atoms with Crippen LogP contribution in [0.5, 0.6) is 0 Å². The van der Waals surface area contributed by atoms with E-state index in [1.54, 1.807) is 0 Å². The summed E-state index contributed by atoms with van der Waals surface area (Å²) in [6, 6.07) is 9.24. The minimum Gasteiger partial charge on any atom is -0.461 e. The summed E-state index contributed by atoms with van der Waals surface area (Å²) in [6.45, 7) is 0.147. The Labute approximate surface area is 122 Å². The minimum atomic E-state index is -0.950. The lowest BCUT2D eigenvalue weighted by atomic mass is 10.1. The number of carbonyl (C=O) groups is 3. The fourth-order valence-electron chi connectivity index (χ4n) is 2.20. The highest BCUT2D eigenvalue weighted by molar-refractivity contribution is 5.98. The van der Waals surface area contributed by atoms with Crippen LogP contribution in [0.25, 0.3) is 0 Å². The summed E-state index contributed by atoms with van der Waals surface area (Å²) in [5.41, 5.74) is 6.65. The zero-order valence-corrected chi connectivity index (χ0v) is 11.7. The number of imide groups is 1. The van der Waals surface area contributed by atoms with Gasteiger partial charge >= 0.3 is 5.97 Å². The van der Waals surface area contributed by atoms with Gasteiger partial charge in [0.25, 0.3) is 0 Å². The molecular formula is C15H18N2O4. The van der Waals surface area contributed by atoms with Gasteiger partial charge in [0, 0.05) is 12.8 Å². The van der Waals surface area contributed by atoms with E-state index >= 15 is 0 Å². The molecule has 1 unspecified atom stereocenters.